The minimum absolute atomic E-state index is 0. The Morgan fingerprint density at radius 3 is 2.37 bits per heavy atom. The molecule has 0 bridgehead atoms. The molecule has 1 heterocycles. The predicted octanol–water partition coefficient (Wildman–Crippen LogP) is 4.76. The molecular formula is C21H23Cl2N3O3S. The number of hydrogen-bond acceptors (Lipinski definition) is 6. The van der Waals surface area contributed by atoms with Crippen LogP contribution in [-0.4, -0.2) is 56.1 Å². The van der Waals surface area contributed by atoms with Gasteiger partial charge in [0, 0.05) is 17.1 Å². The lowest BCUT2D eigenvalue weighted by molar-refractivity contribution is 0.0600. The topological polar surface area (TPSA) is 62.7 Å². The van der Waals surface area contributed by atoms with E-state index < -0.39 is 5.97 Å². The van der Waals surface area contributed by atoms with Crippen LogP contribution in [0.4, 0.5) is 5.13 Å². The maximum Gasteiger partial charge on any atom is 0.337 e. The molecule has 2 aromatic carbocycles. The molecule has 0 atom stereocenters. The van der Waals surface area contributed by atoms with E-state index in [0.29, 0.717) is 27.8 Å². The van der Waals surface area contributed by atoms with Gasteiger partial charge in [-0.3, -0.25) is 9.69 Å². The van der Waals surface area contributed by atoms with Gasteiger partial charge in [-0.15, -0.1) is 12.4 Å². The molecule has 9 heteroatoms. The number of methoxy groups -OCH3 is 1. The van der Waals surface area contributed by atoms with Gasteiger partial charge in [-0.25, -0.2) is 9.78 Å². The van der Waals surface area contributed by atoms with Crippen LogP contribution in [0.15, 0.2) is 42.5 Å². The summed E-state index contributed by atoms with van der Waals surface area (Å²) in [4.78, 5) is 33.3. The molecule has 0 fully saturated rings. The molecule has 1 aromatic heterocycles. The summed E-state index contributed by atoms with van der Waals surface area (Å²) >= 11 is 7.53. The Morgan fingerprint density at radius 1 is 1.07 bits per heavy atom. The molecule has 0 N–H and O–H groups in total. The lowest BCUT2D eigenvalue weighted by atomic mass is 10.1. The summed E-state index contributed by atoms with van der Waals surface area (Å²) in [5, 5.41) is 1.26. The fourth-order valence-corrected chi connectivity index (χ4v) is 4.12. The molecule has 3 rings (SSSR count). The number of hydrogen-bond donors (Lipinski definition) is 0. The van der Waals surface area contributed by atoms with Crippen LogP contribution >= 0.6 is 35.3 Å². The molecule has 6 nitrogen and oxygen atoms in total. The Hall–Kier alpha value is -2.19. The number of halogens is 2. The van der Waals surface area contributed by atoms with Crippen molar-refractivity contribution in [3.63, 3.8) is 0 Å². The number of amides is 1. The minimum atomic E-state index is -0.435. The van der Waals surface area contributed by atoms with Gasteiger partial charge in [0.25, 0.3) is 5.91 Å². The lowest BCUT2D eigenvalue weighted by Crippen LogP contribution is -2.33. The van der Waals surface area contributed by atoms with Crippen molar-refractivity contribution in [2.75, 3.05) is 39.2 Å². The molecule has 0 aliphatic heterocycles. The fraction of sp³-hybridized carbons (Fsp3) is 0.286. The van der Waals surface area contributed by atoms with Gasteiger partial charge in [-0.05, 0) is 69.5 Å². The van der Waals surface area contributed by atoms with Crippen molar-refractivity contribution < 1.29 is 14.3 Å². The number of anilines is 1. The van der Waals surface area contributed by atoms with E-state index in [1.165, 1.54) is 18.4 Å². The summed E-state index contributed by atoms with van der Waals surface area (Å²) < 4.78 is 5.64. The third kappa shape index (κ3) is 5.70. The first-order valence-electron chi connectivity index (χ1n) is 9.10. The Balaban J connectivity index is 0.00000320. The van der Waals surface area contributed by atoms with Gasteiger partial charge in [0.15, 0.2) is 5.13 Å². The number of benzene rings is 2. The van der Waals surface area contributed by atoms with E-state index in [-0.39, 0.29) is 18.3 Å². The van der Waals surface area contributed by atoms with Crippen LogP contribution in [0.25, 0.3) is 10.2 Å². The number of thiazole rings is 1. The van der Waals surface area contributed by atoms with E-state index in [9.17, 15) is 9.59 Å². The van der Waals surface area contributed by atoms with Crippen LogP contribution in [0.1, 0.15) is 27.1 Å². The average molecular weight is 468 g/mol. The number of fused-ring (bicyclic) bond motifs is 1. The monoisotopic (exact) mass is 467 g/mol. The lowest BCUT2D eigenvalue weighted by Gasteiger charge is -2.21. The van der Waals surface area contributed by atoms with Crippen LogP contribution in [-0.2, 0) is 4.74 Å². The molecule has 0 radical (unpaired) electrons. The van der Waals surface area contributed by atoms with Crippen LogP contribution in [0.5, 0.6) is 0 Å². The van der Waals surface area contributed by atoms with E-state index in [1.807, 2.05) is 26.2 Å². The molecule has 1 amide bonds. The third-order valence-electron chi connectivity index (χ3n) is 4.36. The molecule has 0 unspecified atom stereocenters. The van der Waals surface area contributed by atoms with Crippen molar-refractivity contribution in [3.05, 3.63) is 58.6 Å². The standard InChI is InChI=1S/C21H22ClN3O3S.ClH/c1-24(2)11-4-12-25(21-23-17-10-9-16(22)13-18(17)29-21)19(26)14-5-7-15(8-6-14)20(27)28-3;/h5-10,13H,4,11-12H2,1-3H3;1H. The fourth-order valence-electron chi connectivity index (χ4n) is 2.85. The molecular weight excluding hydrogens is 445 g/mol. The van der Waals surface area contributed by atoms with Crippen LogP contribution in [0, 0.1) is 0 Å². The smallest absolute Gasteiger partial charge is 0.337 e. The second kappa shape index (κ2) is 10.7. The Bertz CT molecular complexity index is 1020. The van der Waals surface area contributed by atoms with E-state index in [0.717, 1.165) is 23.2 Å². The SMILES string of the molecule is COC(=O)c1ccc(C(=O)N(CCCN(C)C)c2nc3ccc(Cl)cc3s2)cc1.Cl. The summed E-state index contributed by atoms with van der Waals surface area (Å²) in [6.45, 7) is 1.38. The van der Waals surface area contributed by atoms with Crippen molar-refractivity contribution in [3.8, 4) is 0 Å². The van der Waals surface area contributed by atoms with Crippen molar-refractivity contribution in [2.45, 2.75) is 6.42 Å². The van der Waals surface area contributed by atoms with Crippen LogP contribution in [0.3, 0.4) is 0 Å². The van der Waals surface area contributed by atoms with Crippen molar-refractivity contribution >= 4 is 62.6 Å². The average Bonchev–Trinajstić information content (AvgIpc) is 3.12. The second-order valence-electron chi connectivity index (χ2n) is 6.79. The maximum absolute atomic E-state index is 13.3. The number of carbonyl (C=O) groups excluding carboxylic acids is 2. The molecule has 160 valence electrons. The molecule has 0 spiro atoms. The van der Waals surface area contributed by atoms with Crippen LogP contribution in [0.2, 0.25) is 5.02 Å². The summed E-state index contributed by atoms with van der Waals surface area (Å²) in [6.07, 6.45) is 0.801. The molecule has 0 aliphatic carbocycles. The van der Waals surface area contributed by atoms with Gasteiger partial charge in [-0.1, -0.05) is 22.9 Å². The second-order valence-corrected chi connectivity index (χ2v) is 8.24. The number of esters is 1. The zero-order valence-corrected chi connectivity index (χ0v) is 19.3. The first kappa shape index (κ1) is 24.1. The van der Waals surface area contributed by atoms with Crippen LogP contribution < -0.4 is 4.90 Å². The highest BCUT2D eigenvalue weighted by Crippen LogP contribution is 2.31. The molecule has 3 aromatic rings. The number of carbonyl (C=O) groups is 2. The van der Waals surface area contributed by atoms with E-state index >= 15 is 0 Å². The highest BCUT2D eigenvalue weighted by atomic mass is 35.5. The molecule has 30 heavy (non-hydrogen) atoms. The summed E-state index contributed by atoms with van der Waals surface area (Å²) in [5.41, 5.74) is 1.69. The highest BCUT2D eigenvalue weighted by Gasteiger charge is 2.21. The molecule has 0 saturated heterocycles. The van der Waals surface area contributed by atoms with Gasteiger partial charge in [0.05, 0.1) is 22.9 Å². The maximum atomic E-state index is 13.3. The van der Waals surface area contributed by atoms with E-state index in [1.54, 1.807) is 35.2 Å². The molecule has 0 aliphatic rings. The van der Waals surface area contributed by atoms with Crippen molar-refractivity contribution in [1.29, 1.82) is 0 Å². The number of rotatable bonds is 7. The number of nitrogens with zero attached hydrogens (tertiary/aromatic N) is 3. The number of aromatic nitrogens is 1. The highest BCUT2D eigenvalue weighted by molar-refractivity contribution is 7.22. The third-order valence-corrected chi connectivity index (χ3v) is 5.63. The zero-order valence-electron chi connectivity index (χ0n) is 16.9. The summed E-state index contributed by atoms with van der Waals surface area (Å²) in [7, 11) is 5.32. The van der Waals surface area contributed by atoms with Crippen molar-refractivity contribution in [2.24, 2.45) is 0 Å². The Morgan fingerprint density at radius 2 is 1.73 bits per heavy atom. The van der Waals surface area contributed by atoms with Gasteiger partial charge < -0.3 is 9.64 Å². The van der Waals surface area contributed by atoms with E-state index in [2.05, 4.69) is 9.88 Å². The first-order valence-corrected chi connectivity index (χ1v) is 10.3. The quantitative estimate of drug-likeness (QED) is 0.468. The van der Waals surface area contributed by atoms with Gasteiger partial charge >= 0.3 is 5.97 Å². The van der Waals surface area contributed by atoms with Gasteiger partial charge in [-0.2, -0.15) is 0 Å². The minimum Gasteiger partial charge on any atom is -0.465 e. The Kier molecular flexibility index (Phi) is 8.61. The zero-order chi connectivity index (χ0) is 21.0. The largest absolute Gasteiger partial charge is 0.465 e. The summed E-state index contributed by atoms with van der Waals surface area (Å²) in [5.74, 6) is -0.597. The summed E-state index contributed by atoms with van der Waals surface area (Å²) in [6, 6.07) is 12.0. The predicted molar refractivity (Wildman–Crippen MR) is 125 cm³/mol. The normalized spacial score (nSPS) is 10.7. The first-order chi connectivity index (χ1) is 13.9. The molecule has 0 saturated carbocycles. The Labute approximate surface area is 190 Å². The van der Waals surface area contributed by atoms with E-state index in [4.69, 9.17) is 16.3 Å². The van der Waals surface area contributed by atoms with Crippen molar-refractivity contribution in [1.82, 2.24) is 9.88 Å². The number of ether oxygens (including phenoxy) is 1. The van der Waals surface area contributed by atoms with Gasteiger partial charge in [0.1, 0.15) is 0 Å². The van der Waals surface area contributed by atoms with Gasteiger partial charge in [0.2, 0.25) is 0 Å².